The smallest absolute Gasteiger partial charge is 0.0104 e. The minimum atomic E-state index is 0.745. The summed E-state index contributed by atoms with van der Waals surface area (Å²) in [5, 5.41) is 0.860. The fourth-order valence-electron chi connectivity index (χ4n) is 2.35. The first-order chi connectivity index (χ1) is 7.79. The van der Waals surface area contributed by atoms with Crippen molar-refractivity contribution in [2.45, 2.75) is 49.2 Å². The highest BCUT2D eigenvalue weighted by Gasteiger charge is 2.16. The zero-order valence-electron chi connectivity index (χ0n) is 10.0. The van der Waals surface area contributed by atoms with Crippen LogP contribution >= 0.6 is 11.8 Å². The molecule has 1 nitrogen and oxygen atoms in total. The second kappa shape index (κ2) is 5.74. The van der Waals surface area contributed by atoms with E-state index in [0.29, 0.717) is 0 Å². The van der Waals surface area contributed by atoms with Crippen molar-refractivity contribution in [2.24, 2.45) is 5.73 Å². The van der Waals surface area contributed by atoms with Gasteiger partial charge in [0.15, 0.2) is 0 Å². The van der Waals surface area contributed by atoms with Gasteiger partial charge in [0, 0.05) is 10.1 Å². The summed E-state index contributed by atoms with van der Waals surface area (Å²) in [4.78, 5) is 1.47. The van der Waals surface area contributed by atoms with Crippen LogP contribution in [0.25, 0.3) is 0 Å². The van der Waals surface area contributed by atoms with Gasteiger partial charge in [-0.3, -0.25) is 0 Å². The number of thioether (sulfide) groups is 1. The predicted molar refractivity (Wildman–Crippen MR) is 72.1 cm³/mol. The van der Waals surface area contributed by atoms with E-state index in [1.807, 2.05) is 0 Å². The molecule has 1 fully saturated rings. The van der Waals surface area contributed by atoms with E-state index in [0.717, 1.165) is 18.2 Å². The van der Waals surface area contributed by atoms with Crippen LogP contribution in [-0.4, -0.2) is 11.8 Å². The summed E-state index contributed by atoms with van der Waals surface area (Å²) >= 11 is 2.07. The molecule has 16 heavy (non-hydrogen) atoms. The van der Waals surface area contributed by atoms with E-state index in [4.69, 9.17) is 5.73 Å². The van der Waals surface area contributed by atoms with Crippen molar-refractivity contribution >= 4 is 11.8 Å². The maximum Gasteiger partial charge on any atom is 0.0104 e. The number of rotatable bonds is 4. The molecule has 0 aliphatic heterocycles. The lowest BCUT2D eigenvalue weighted by molar-refractivity contribution is 0.886. The Bertz CT molecular complexity index is 343. The van der Waals surface area contributed by atoms with Gasteiger partial charge in [-0.15, -0.1) is 11.8 Å². The van der Waals surface area contributed by atoms with E-state index < -0.39 is 0 Å². The topological polar surface area (TPSA) is 26.0 Å². The molecular weight excluding hydrogens is 214 g/mol. The fraction of sp³-hybridized carbons (Fsp3) is 0.571. The van der Waals surface area contributed by atoms with E-state index in [9.17, 15) is 0 Å². The molecule has 1 aliphatic rings. The van der Waals surface area contributed by atoms with Crippen LogP contribution in [0.5, 0.6) is 0 Å². The summed E-state index contributed by atoms with van der Waals surface area (Å²) in [6, 6.07) is 6.81. The molecule has 1 saturated carbocycles. The molecule has 0 bridgehead atoms. The average Bonchev–Trinajstić information content (AvgIpc) is 2.75. The molecule has 0 amide bonds. The molecule has 2 N–H and O–H groups in total. The maximum atomic E-state index is 5.58. The molecule has 0 radical (unpaired) electrons. The lowest BCUT2D eigenvalue weighted by Gasteiger charge is -2.12. The van der Waals surface area contributed by atoms with Crippen molar-refractivity contribution < 1.29 is 0 Å². The van der Waals surface area contributed by atoms with Crippen molar-refractivity contribution in [3.8, 4) is 0 Å². The molecule has 1 aromatic carbocycles. The largest absolute Gasteiger partial charge is 0.330 e. The predicted octanol–water partition coefficient (Wildman–Crippen LogP) is 3.53. The van der Waals surface area contributed by atoms with Crippen LogP contribution in [0.1, 0.15) is 36.8 Å². The highest BCUT2D eigenvalue weighted by molar-refractivity contribution is 8.00. The molecule has 1 aromatic rings. The Kier molecular flexibility index (Phi) is 4.30. The Morgan fingerprint density at radius 2 is 2.06 bits per heavy atom. The van der Waals surface area contributed by atoms with Crippen LogP contribution in [0.4, 0.5) is 0 Å². The first-order valence-electron chi connectivity index (χ1n) is 6.26. The second-order valence-electron chi connectivity index (χ2n) is 4.66. The fourth-order valence-corrected chi connectivity index (χ4v) is 3.67. The molecule has 2 heteroatoms. The number of aryl methyl sites for hydroxylation is 1. The van der Waals surface area contributed by atoms with E-state index in [1.54, 1.807) is 0 Å². The van der Waals surface area contributed by atoms with Gasteiger partial charge in [-0.05, 0) is 49.9 Å². The summed E-state index contributed by atoms with van der Waals surface area (Å²) in [7, 11) is 0. The van der Waals surface area contributed by atoms with Gasteiger partial charge in [0.05, 0.1) is 0 Å². The zero-order chi connectivity index (χ0) is 11.4. The molecule has 0 aromatic heterocycles. The Morgan fingerprint density at radius 1 is 1.31 bits per heavy atom. The molecule has 0 atom stereocenters. The third kappa shape index (κ3) is 3.02. The van der Waals surface area contributed by atoms with Crippen LogP contribution in [0.15, 0.2) is 23.1 Å². The number of nitrogens with two attached hydrogens (primary N) is 1. The second-order valence-corrected chi connectivity index (χ2v) is 6.01. The van der Waals surface area contributed by atoms with Gasteiger partial charge in [-0.2, -0.15) is 0 Å². The number of hydrogen-bond acceptors (Lipinski definition) is 2. The Morgan fingerprint density at radius 3 is 2.69 bits per heavy atom. The number of benzene rings is 1. The SMILES string of the molecule is Cc1cc(CCN)ccc1SC1CCCC1. The highest BCUT2D eigenvalue weighted by atomic mass is 32.2. The minimum Gasteiger partial charge on any atom is -0.330 e. The van der Waals surface area contributed by atoms with Crippen LogP contribution in [0, 0.1) is 6.92 Å². The van der Waals surface area contributed by atoms with E-state index >= 15 is 0 Å². The van der Waals surface area contributed by atoms with Crippen molar-refractivity contribution in [1.82, 2.24) is 0 Å². The van der Waals surface area contributed by atoms with E-state index in [2.05, 4.69) is 36.9 Å². The third-order valence-corrected chi connectivity index (χ3v) is 4.78. The third-order valence-electron chi connectivity index (χ3n) is 3.27. The molecule has 0 saturated heterocycles. The van der Waals surface area contributed by atoms with Crippen LogP contribution in [0.3, 0.4) is 0 Å². The molecule has 2 rings (SSSR count). The Balaban J connectivity index is 2.03. The van der Waals surface area contributed by atoms with Crippen molar-refractivity contribution in [3.05, 3.63) is 29.3 Å². The highest BCUT2D eigenvalue weighted by Crippen LogP contribution is 2.36. The van der Waals surface area contributed by atoms with Crippen LogP contribution in [-0.2, 0) is 6.42 Å². The summed E-state index contributed by atoms with van der Waals surface area (Å²) in [6.45, 7) is 2.96. The average molecular weight is 235 g/mol. The summed E-state index contributed by atoms with van der Waals surface area (Å²) in [6.07, 6.45) is 6.63. The standard InChI is InChI=1S/C14H21NS/c1-11-10-12(8-9-15)6-7-14(11)16-13-4-2-3-5-13/h6-7,10,13H,2-5,8-9,15H2,1H3. The van der Waals surface area contributed by atoms with Gasteiger partial charge in [0.25, 0.3) is 0 Å². The van der Waals surface area contributed by atoms with E-state index in [-0.39, 0.29) is 0 Å². The van der Waals surface area contributed by atoms with Gasteiger partial charge in [0.1, 0.15) is 0 Å². The normalized spacial score (nSPS) is 16.9. The van der Waals surface area contributed by atoms with Gasteiger partial charge >= 0.3 is 0 Å². The summed E-state index contributed by atoms with van der Waals surface area (Å²) in [5.74, 6) is 0. The maximum absolute atomic E-state index is 5.58. The van der Waals surface area contributed by atoms with Crippen LogP contribution in [0.2, 0.25) is 0 Å². The first-order valence-corrected chi connectivity index (χ1v) is 7.14. The molecule has 0 spiro atoms. The zero-order valence-corrected chi connectivity index (χ0v) is 10.9. The van der Waals surface area contributed by atoms with Crippen molar-refractivity contribution in [1.29, 1.82) is 0 Å². The van der Waals surface area contributed by atoms with Gasteiger partial charge in [-0.25, -0.2) is 0 Å². The molecular formula is C14H21NS. The quantitative estimate of drug-likeness (QED) is 0.864. The van der Waals surface area contributed by atoms with Gasteiger partial charge < -0.3 is 5.73 Å². The lowest BCUT2D eigenvalue weighted by atomic mass is 10.1. The summed E-state index contributed by atoms with van der Waals surface area (Å²) in [5.41, 5.74) is 8.37. The molecule has 1 aliphatic carbocycles. The summed E-state index contributed by atoms with van der Waals surface area (Å²) < 4.78 is 0. The molecule has 88 valence electrons. The Hall–Kier alpha value is -0.470. The van der Waals surface area contributed by atoms with Crippen molar-refractivity contribution in [2.75, 3.05) is 6.54 Å². The van der Waals surface area contributed by atoms with Gasteiger partial charge in [0.2, 0.25) is 0 Å². The molecule has 0 heterocycles. The first kappa shape index (κ1) is 12.0. The van der Waals surface area contributed by atoms with Crippen LogP contribution < -0.4 is 5.73 Å². The van der Waals surface area contributed by atoms with E-state index in [1.165, 1.54) is 41.7 Å². The number of hydrogen-bond donors (Lipinski definition) is 1. The molecule has 0 unspecified atom stereocenters. The lowest BCUT2D eigenvalue weighted by Crippen LogP contribution is -2.03. The minimum absolute atomic E-state index is 0.745. The monoisotopic (exact) mass is 235 g/mol. The van der Waals surface area contributed by atoms with Crippen molar-refractivity contribution in [3.63, 3.8) is 0 Å². The van der Waals surface area contributed by atoms with Gasteiger partial charge in [-0.1, -0.05) is 25.0 Å². The Labute approximate surface area is 103 Å².